The molecule has 1 fully saturated rings. The number of allylic oxidation sites excluding steroid dienone is 1. The van der Waals surface area contributed by atoms with Crippen molar-refractivity contribution in [2.75, 3.05) is 0 Å². The second-order valence-electron chi connectivity index (χ2n) is 5.18. The molecule has 106 valence electrons. The molecule has 3 heteroatoms. The molecule has 2 aromatic rings. The number of aryl methyl sites for hydroxylation is 1. The van der Waals surface area contributed by atoms with Gasteiger partial charge in [0.2, 0.25) is 0 Å². The van der Waals surface area contributed by atoms with Gasteiger partial charge in [-0.3, -0.25) is 4.79 Å². The lowest BCUT2D eigenvalue weighted by Gasteiger charge is -2.01. The van der Waals surface area contributed by atoms with E-state index >= 15 is 0 Å². The molecule has 2 atom stereocenters. The lowest BCUT2D eigenvalue weighted by molar-refractivity contribution is 0.104. The van der Waals surface area contributed by atoms with Crippen LogP contribution in [0.2, 0.25) is 0 Å². The Labute approximate surface area is 123 Å². The molecule has 1 aliphatic rings. The molecule has 0 amide bonds. The smallest absolute Gasteiger partial charge is 0.189 e. The number of benzene rings is 2. The topological polar surface area (TPSA) is 49.8 Å². The first kappa shape index (κ1) is 13.6. The minimum atomic E-state index is -0.213. The molecule has 0 radical (unpaired) electrons. The number of carbonyl (C=O) groups is 1. The number of hydrogen-bond donors (Lipinski definition) is 1. The summed E-state index contributed by atoms with van der Waals surface area (Å²) in [5.74, 6) is -0.198. The highest BCUT2D eigenvalue weighted by Crippen LogP contribution is 2.39. The van der Waals surface area contributed by atoms with E-state index in [1.165, 1.54) is 6.08 Å². The highest BCUT2D eigenvalue weighted by atomic mass is 16.6. The standard InChI is InChI=1S/C18H16O3/c1-12-7-8-14(16(20)11-12)15(19)9-10-17-18(21-17)13-5-3-2-4-6-13/h2-11,17-18,20H,1H3/b10-9+/t17-,18-/m1/s1. The molecule has 1 saturated heterocycles. The van der Waals surface area contributed by atoms with Gasteiger partial charge in [-0.15, -0.1) is 0 Å². The van der Waals surface area contributed by atoms with Gasteiger partial charge in [0.1, 0.15) is 18.0 Å². The van der Waals surface area contributed by atoms with Crippen molar-refractivity contribution in [1.82, 2.24) is 0 Å². The number of rotatable bonds is 4. The predicted octanol–water partition coefficient (Wildman–Crippen LogP) is 3.58. The zero-order valence-electron chi connectivity index (χ0n) is 11.7. The van der Waals surface area contributed by atoms with Gasteiger partial charge in [-0.05, 0) is 42.3 Å². The third kappa shape index (κ3) is 3.03. The molecular weight excluding hydrogens is 264 g/mol. The monoisotopic (exact) mass is 280 g/mol. The van der Waals surface area contributed by atoms with Crippen LogP contribution in [0.15, 0.2) is 60.7 Å². The van der Waals surface area contributed by atoms with Crippen molar-refractivity contribution >= 4 is 5.78 Å². The molecule has 3 nitrogen and oxygen atoms in total. The average molecular weight is 280 g/mol. The molecule has 2 aromatic carbocycles. The van der Waals surface area contributed by atoms with Gasteiger partial charge in [-0.2, -0.15) is 0 Å². The van der Waals surface area contributed by atoms with Crippen LogP contribution in [0.25, 0.3) is 0 Å². The van der Waals surface area contributed by atoms with Gasteiger partial charge in [0.15, 0.2) is 5.78 Å². The van der Waals surface area contributed by atoms with Crippen LogP contribution >= 0.6 is 0 Å². The Hall–Kier alpha value is -2.39. The summed E-state index contributed by atoms with van der Waals surface area (Å²) in [7, 11) is 0. The summed E-state index contributed by atoms with van der Waals surface area (Å²) >= 11 is 0. The second-order valence-corrected chi connectivity index (χ2v) is 5.18. The van der Waals surface area contributed by atoms with E-state index in [1.807, 2.05) is 37.3 Å². The summed E-state index contributed by atoms with van der Waals surface area (Å²) in [6.45, 7) is 1.87. The first-order valence-corrected chi connectivity index (χ1v) is 6.88. The summed E-state index contributed by atoms with van der Waals surface area (Å²) in [4.78, 5) is 12.0. The van der Waals surface area contributed by atoms with Crippen LogP contribution in [0.3, 0.4) is 0 Å². The summed E-state index contributed by atoms with van der Waals surface area (Å²) in [5, 5.41) is 9.79. The fourth-order valence-electron chi connectivity index (χ4n) is 2.30. The molecule has 1 N–H and O–H groups in total. The number of phenolic OH excluding ortho intramolecular Hbond substituents is 1. The summed E-state index contributed by atoms with van der Waals surface area (Å²) in [6, 6.07) is 14.9. The van der Waals surface area contributed by atoms with Crippen LogP contribution in [-0.2, 0) is 4.74 Å². The molecule has 21 heavy (non-hydrogen) atoms. The van der Waals surface area contributed by atoms with Crippen molar-refractivity contribution < 1.29 is 14.6 Å². The first-order valence-electron chi connectivity index (χ1n) is 6.88. The maximum absolute atomic E-state index is 12.0. The number of epoxide rings is 1. The Bertz CT molecular complexity index is 689. The SMILES string of the molecule is Cc1ccc(C(=O)/C=C/[C@H]2O[C@@H]2c2ccccc2)c(O)c1. The minimum Gasteiger partial charge on any atom is -0.507 e. The van der Waals surface area contributed by atoms with Gasteiger partial charge in [0.05, 0.1) is 5.56 Å². The molecule has 0 saturated carbocycles. The molecule has 0 aliphatic carbocycles. The van der Waals surface area contributed by atoms with Crippen LogP contribution in [0.4, 0.5) is 0 Å². The van der Waals surface area contributed by atoms with E-state index in [1.54, 1.807) is 24.3 Å². The minimum absolute atomic E-state index is 0.0148. The van der Waals surface area contributed by atoms with Crippen molar-refractivity contribution in [3.05, 3.63) is 77.4 Å². The van der Waals surface area contributed by atoms with Crippen molar-refractivity contribution in [1.29, 1.82) is 0 Å². The Morgan fingerprint density at radius 1 is 1.19 bits per heavy atom. The maximum atomic E-state index is 12.0. The fraction of sp³-hybridized carbons (Fsp3) is 0.167. The normalized spacial score (nSPS) is 20.6. The van der Waals surface area contributed by atoms with Gasteiger partial charge in [-0.25, -0.2) is 0 Å². The Morgan fingerprint density at radius 3 is 2.67 bits per heavy atom. The van der Waals surface area contributed by atoms with Crippen molar-refractivity contribution in [2.45, 2.75) is 19.1 Å². The van der Waals surface area contributed by atoms with E-state index in [0.29, 0.717) is 5.56 Å². The highest BCUT2D eigenvalue weighted by molar-refractivity contribution is 6.06. The van der Waals surface area contributed by atoms with Crippen molar-refractivity contribution in [3.8, 4) is 5.75 Å². The molecule has 0 aromatic heterocycles. The lowest BCUT2D eigenvalue weighted by Crippen LogP contribution is -1.96. The fourth-order valence-corrected chi connectivity index (χ4v) is 2.30. The molecule has 0 unspecified atom stereocenters. The molecule has 0 bridgehead atoms. The number of carbonyl (C=O) groups excluding carboxylic acids is 1. The van der Waals surface area contributed by atoms with E-state index < -0.39 is 0 Å². The molecule has 3 rings (SSSR count). The average Bonchev–Trinajstić information content (AvgIpc) is 3.25. The molecular formula is C18H16O3. The van der Waals surface area contributed by atoms with Crippen LogP contribution < -0.4 is 0 Å². The van der Waals surface area contributed by atoms with E-state index in [4.69, 9.17) is 4.74 Å². The number of ether oxygens (including phenoxy) is 1. The molecule has 1 aliphatic heterocycles. The van der Waals surface area contributed by atoms with Crippen LogP contribution in [0, 0.1) is 6.92 Å². The molecule has 0 spiro atoms. The predicted molar refractivity (Wildman–Crippen MR) is 80.4 cm³/mol. The maximum Gasteiger partial charge on any atom is 0.189 e. The second kappa shape index (κ2) is 5.54. The summed E-state index contributed by atoms with van der Waals surface area (Å²) in [5.41, 5.74) is 2.34. The van der Waals surface area contributed by atoms with Gasteiger partial charge in [-0.1, -0.05) is 36.4 Å². The lowest BCUT2D eigenvalue weighted by atomic mass is 10.1. The largest absolute Gasteiger partial charge is 0.507 e. The summed E-state index contributed by atoms with van der Waals surface area (Å²) in [6.07, 6.45) is 3.18. The Kier molecular flexibility index (Phi) is 3.59. The zero-order valence-corrected chi connectivity index (χ0v) is 11.7. The number of phenols is 1. The zero-order chi connectivity index (χ0) is 14.8. The van der Waals surface area contributed by atoms with Crippen molar-refractivity contribution in [2.24, 2.45) is 0 Å². The van der Waals surface area contributed by atoms with Gasteiger partial charge in [0, 0.05) is 0 Å². The van der Waals surface area contributed by atoms with Crippen LogP contribution in [-0.4, -0.2) is 17.0 Å². The number of aromatic hydroxyl groups is 1. The van der Waals surface area contributed by atoms with E-state index in [9.17, 15) is 9.90 Å². The molecule has 1 heterocycles. The Balaban J connectivity index is 1.66. The van der Waals surface area contributed by atoms with Crippen molar-refractivity contribution in [3.63, 3.8) is 0 Å². The number of hydrogen-bond acceptors (Lipinski definition) is 3. The Morgan fingerprint density at radius 2 is 1.95 bits per heavy atom. The van der Waals surface area contributed by atoms with Gasteiger partial charge < -0.3 is 9.84 Å². The highest BCUT2D eigenvalue weighted by Gasteiger charge is 2.37. The van der Waals surface area contributed by atoms with E-state index in [-0.39, 0.29) is 23.7 Å². The third-order valence-electron chi connectivity index (χ3n) is 3.51. The van der Waals surface area contributed by atoms with Gasteiger partial charge >= 0.3 is 0 Å². The van der Waals surface area contributed by atoms with E-state index in [2.05, 4.69) is 0 Å². The van der Waals surface area contributed by atoms with Crippen LogP contribution in [0.5, 0.6) is 5.75 Å². The first-order chi connectivity index (χ1) is 10.1. The number of ketones is 1. The van der Waals surface area contributed by atoms with Crippen LogP contribution in [0.1, 0.15) is 27.6 Å². The third-order valence-corrected chi connectivity index (χ3v) is 3.51. The van der Waals surface area contributed by atoms with E-state index in [0.717, 1.165) is 11.1 Å². The quantitative estimate of drug-likeness (QED) is 0.529. The summed E-state index contributed by atoms with van der Waals surface area (Å²) < 4.78 is 5.54. The van der Waals surface area contributed by atoms with Gasteiger partial charge in [0.25, 0.3) is 0 Å².